The zero-order valence-corrected chi connectivity index (χ0v) is 16.8. The summed E-state index contributed by atoms with van der Waals surface area (Å²) in [6.07, 6.45) is -0.150. The van der Waals surface area contributed by atoms with Crippen LogP contribution in [0.2, 0.25) is 0 Å². The van der Waals surface area contributed by atoms with E-state index < -0.39 is 35.1 Å². The summed E-state index contributed by atoms with van der Waals surface area (Å²) < 4.78 is 0. The number of nitrogens with one attached hydrogen (secondary N) is 3. The number of nitrogens with zero attached hydrogens (tertiary/aromatic N) is 4. The zero-order valence-electron chi connectivity index (χ0n) is 15.9. The number of aromatic nitrogens is 4. The fourth-order valence-corrected chi connectivity index (χ4v) is 4.65. The van der Waals surface area contributed by atoms with E-state index in [1.54, 1.807) is 0 Å². The van der Waals surface area contributed by atoms with Crippen LogP contribution in [0, 0.1) is 0 Å². The van der Waals surface area contributed by atoms with E-state index in [0.717, 1.165) is 10.5 Å². The number of hydrogen-bond donors (Lipinski definition) is 4. The van der Waals surface area contributed by atoms with Gasteiger partial charge in [0.2, 0.25) is 5.91 Å². The summed E-state index contributed by atoms with van der Waals surface area (Å²) in [5.74, 6) is -2.67. The SMILES string of the molecule is O=C(Cc1nnn[nH]1)NC1C(=O)N2C(C(=O)O)=C(C(=O)NCc3ccccc3)CS[C@@H]12. The van der Waals surface area contributed by atoms with Crippen LogP contribution in [-0.4, -0.2) is 71.5 Å². The molecule has 0 radical (unpaired) electrons. The molecule has 1 aromatic heterocycles. The molecular formula is C18H17N7O5S. The van der Waals surface area contributed by atoms with E-state index in [2.05, 4.69) is 31.3 Å². The lowest BCUT2D eigenvalue weighted by molar-refractivity contribution is -0.150. The van der Waals surface area contributed by atoms with Crippen LogP contribution in [0.5, 0.6) is 0 Å². The van der Waals surface area contributed by atoms with Crippen LogP contribution in [0.15, 0.2) is 41.6 Å². The summed E-state index contributed by atoms with van der Waals surface area (Å²) >= 11 is 1.21. The average Bonchev–Trinajstić information content (AvgIpc) is 3.28. The minimum absolute atomic E-state index is 0.00976. The van der Waals surface area contributed by atoms with Gasteiger partial charge in [0, 0.05) is 12.3 Å². The normalized spacial score (nSPS) is 20.0. The second-order valence-corrected chi connectivity index (χ2v) is 7.89. The van der Waals surface area contributed by atoms with Crippen molar-refractivity contribution in [2.45, 2.75) is 24.4 Å². The van der Waals surface area contributed by atoms with Crippen molar-refractivity contribution in [3.63, 3.8) is 0 Å². The van der Waals surface area contributed by atoms with Crippen LogP contribution in [0.4, 0.5) is 0 Å². The highest BCUT2D eigenvalue weighted by molar-refractivity contribution is 8.00. The molecule has 1 unspecified atom stereocenters. The highest BCUT2D eigenvalue weighted by atomic mass is 32.2. The Morgan fingerprint density at radius 1 is 1.26 bits per heavy atom. The fourth-order valence-electron chi connectivity index (χ4n) is 3.31. The molecule has 12 nitrogen and oxygen atoms in total. The number of amides is 3. The number of rotatable bonds is 7. The first-order valence-corrected chi connectivity index (χ1v) is 10.3. The van der Waals surface area contributed by atoms with E-state index in [9.17, 15) is 24.3 Å². The van der Waals surface area contributed by atoms with E-state index >= 15 is 0 Å². The minimum Gasteiger partial charge on any atom is -0.477 e. The number of fused-ring (bicyclic) bond motifs is 1. The number of carbonyl (C=O) groups is 4. The number of carboxylic acids is 1. The molecule has 2 atom stereocenters. The lowest BCUT2D eigenvalue weighted by Gasteiger charge is -2.49. The van der Waals surface area contributed by atoms with Gasteiger partial charge in [-0.3, -0.25) is 19.3 Å². The van der Waals surface area contributed by atoms with Gasteiger partial charge < -0.3 is 15.7 Å². The van der Waals surface area contributed by atoms with E-state index in [-0.39, 0.29) is 35.8 Å². The van der Waals surface area contributed by atoms with Gasteiger partial charge in [-0.05, 0) is 16.0 Å². The average molecular weight is 443 g/mol. The lowest BCUT2D eigenvalue weighted by Crippen LogP contribution is -2.71. The number of carboxylic acid groups (broad SMARTS) is 1. The Hall–Kier alpha value is -3.74. The van der Waals surface area contributed by atoms with Crippen molar-refractivity contribution in [2.24, 2.45) is 0 Å². The number of aliphatic carboxylic acids is 1. The van der Waals surface area contributed by atoms with Crippen molar-refractivity contribution in [1.82, 2.24) is 36.2 Å². The molecule has 13 heteroatoms. The van der Waals surface area contributed by atoms with Crippen LogP contribution in [0.1, 0.15) is 11.4 Å². The number of carbonyl (C=O) groups excluding carboxylic acids is 3. The molecule has 3 amide bonds. The number of benzene rings is 1. The van der Waals surface area contributed by atoms with Crippen LogP contribution in [0.25, 0.3) is 0 Å². The molecule has 0 spiro atoms. The molecule has 3 heterocycles. The van der Waals surface area contributed by atoms with E-state index in [1.165, 1.54) is 11.8 Å². The van der Waals surface area contributed by atoms with Crippen molar-refractivity contribution in [1.29, 1.82) is 0 Å². The van der Waals surface area contributed by atoms with Gasteiger partial charge in [0.25, 0.3) is 11.8 Å². The van der Waals surface area contributed by atoms with Gasteiger partial charge in [0.05, 0.1) is 12.0 Å². The van der Waals surface area contributed by atoms with Gasteiger partial charge in [-0.15, -0.1) is 16.9 Å². The van der Waals surface area contributed by atoms with Crippen LogP contribution in [-0.2, 0) is 32.1 Å². The maximum absolute atomic E-state index is 12.6. The molecule has 2 aliphatic rings. The summed E-state index contributed by atoms with van der Waals surface area (Å²) in [7, 11) is 0. The van der Waals surface area contributed by atoms with Crippen LogP contribution in [0.3, 0.4) is 0 Å². The van der Waals surface area contributed by atoms with Crippen LogP contribution >= 0.6 is 11.8 Å². The van der Waals surface area contributed by atoms with Crippen molar-refractivity contribution in [3.8, 4) is 0 Å². The Labute approximate surface area is 179 Å². The molecule has 4 N–H and O–H groups in total. The Kier molecular flexibility index (Phi) is 5.66. The van der Waals surface area contributed by atoms with Crippen molar-refractivity contribution in [2.75, 3.05) is 5.75 Å². The summed E-state index contributed by atoms with van der Waals surface area (Å²) in [5.41, 5.74) is 0.513. The lowest BCUT2D eigenvalue weighted by atomic mass is 10.0. The molecule has 0 saturated carbocycles. The Morgan fingerprint density at radius 3 is 2.71 bits per heavy atom. The third-order valence-corrected chi connectivity index (χ3v) is 6.05. The third kappa shape index (κ3) is 4.12. The monoisotopic (exact) mass is 443 g/mol. The van der Waals surface area contributed by atoms with Gasteiger partial charge >= 0.3 is 5.97 Å². The molecule has 31 heavy (non-hydrogen) atoms. The minimum atomic E-state index is -1.37. The van der Waals surface area contributed by atoms with Crippen LogP contribution < -0.4 is 10.6 Å². The molecule has 4 rings (SSSR count). The van der Waals surface area contributed by atoms with E-state index in [4.69, 9.17) is 0 Å². The topological polar surface area (TPSA) is 170 Å². The highest BCUT2D eigenvalue weighted by Crippen LogP contribution is 2.40. The van der Waals surface area contributed by atoms with Gasteiger partial charge in [-0.1, -0.05) is 30.3 Å². The van der Waals surface area contributed by atoms with Crippen molar-refractivity contribution >= 4 is 35.5 Å². The van der Waals surface area contributed by atoms with Crippen molar-refractivity contribution in [3.05, 3.63) is 53.0 Å². The van der Waals surface area contributed by atoms with Gasteiger partial charge in [-0.25, -0.2) is 9.89 Å². The second kappa shape index (κ2) is 8.55. The Balaban J connectivity index is 1.45. The molecule has 1 saturated heterocycles. The van der Waals surface area contributed by atoms with Gasteiger partial charge in [0.15, 0.2) is 5.82 Å². The van der Waals surface area contributed by atoms with Gasteiger partial charge in [-0.2, -0.15) is 0 Å². The number of aromatic amines is 1. The maximum atomic E-state index is 12.6. The number of hydrogen-bond acceptors (Lipinski definition) is 8. The number of tetrazole rings is 1. The molecule has 1 aromatic carbocycles. The fraction of sp³-hybridized carbons (Fsp3) is 0.278. The number of β-lactam (4-membered cyclic amide) rings is 1. The van der Waals surface area contributed by atoms with E-state index in [1.807, 2.05) is 30.3 Å². The summed E-state index contributed by atoms with van der Waals surface area (Å²) in [5, 5.41) is 27.1. The Bertz CT molecular complexity index is 1060. The maximum Gasteiger partial charge on any atom is 0.353 e. The highest BCUT2D eigenvalue weighted by Gasteiger charge is 2.54. The summed E-state index contributed by atoms with van der Waals surface area (Å²) in [6.45, 7) is 0.229. The van der Waals surface area contributed by atoms with Gasteiger partial charge in [0.1, 0.15) is 17.1 Å². The largest absolute Gasteiger partial charge is 0.477 e. The first kappa shape index (κ1) is 20.5. The first-order chi connectivity index (χ1) is 15.0. The third-order valence-electron chi connectivity index (χ3n) is 4.77. The molecule has 2 aliphatic heterocycles. The molecule has 0 aliphatic carbocycles. The molecule has 1 fully saturated rings. The predicted molar refractivity (Wildman–Crippen MR) is 106 cm³/mol. The summed E-state index contributed by atoms with van der Waals surface area (Å²) in [6, 6.07) is 8.28. The van der Waals surface area contributed by atoms with Crippen molar-refractivity contribution < 1.29 is 24.3 Å². The summed E-state index contributed by atoms with van der Waals surface area (Å²) in [4.78, 5) is 50.3. The smallest absolute Gasteiger partial charge is 0.353 e. The zero-order chi connectivity index (χ0) is 22.0. The quantitative estimate of drug-likeness (QED) is 0.384. The molecule has 0 bridgehead atoms. The Morgan fingerprint density at radius 2 is 2.03 bits per heavy atom. The molecule has 2 aromatic rings. The predicted octanol–water partition coefficient (Wildman–Crippen LogP) is -1.20. The molecular weight excluding hydrogens is 426 g/mol. The second-order valence-electron chi connectivity index (χ2n) is 6.78. The standard InChI is InChI=1S/C18H17N7O5S/c26-12(6-11-21-23-24-22-11)20-13-16(28)25-14(18(29)30)10(8-31-17(13)25)15(27)19-7-9-4-2-1-3-5-9/h1-5,13,17H,6-8H2,(H,19,27)(H,20,26)(H,29,30)(H,21,22,23,24)/t13?,17-/m0/s1. The molecule has 160 valence electrons. The first-order valence-electron chi connectivity index (χ1n) is 9.21. The number of H-pyrrole nitrogens is 1. The number of thioether (sulfide) groups is 1. The van der Waals surface area contributed by atoms with E-state index in [0.29, 0.717) is 0 Å².